The first kappa shape index (κ1) is 60.9. The largest absolute Gasteiger partial charge is 0.480 e. The number of carboxylic acid groups (broad SMARTS) is 1. The van der Waals surface area contributed by atoms with Gasteiger partial charge in [-0.25, -0.2) is 4.79 Å². The Morgan fingerprint density at radius 1 is 0.493 bits per heavy atom. The highest BCUT2D eigenvalue weighted by Crippen LogP contribution is 2.17. The average molecular weight is 962 g/mol. The molecular formula is C45H79N5O17. The molecule has 1 rings (SSSR count). The van der Waals surface area contributed by atoms with Gasteiger partial charge < -0.3 is 74.4 Å². The number of amides is 5. The van der Waals surface area contributed by atoms with Gasteiger partial charge in [0.1, 0.15) is 44.5 Å². The van der Waals surface area contributed by atoms with E-state index in [1.807, 2.05) is 0 Å². The molecule has 0 radical (unpaired) electrons. The maximum absolute atomic E-state index is 13.2. The summed E-state index contributed by atoms with van der Waals surface area (Å²) in [6, 6.07) is -1.37. The van der Waals surface area contributed by atoms with Crippen molar-refractivity contribution in [2.24, 2.45) is 5.92 Å². The van der Waals surface area contributed by atoms with E-state index in [0.717, 1.165) is 44.9 Å². The van der Waals surface area contributed by atoms with Gasteiger partial charge in [-0.05, 0) is 19.3 Å². The molecule has 1 aliphatic heterocycles. The molecule has 1 heterocycles. The molecule has 0 aromatic carbocycles. The van der Waals surface area contributed by atoms with E-state index < -0.39 is 29.7 Å². The number of carbonyl (C=O) groups is 8. The van der Waals surface area contributed by atoms with Gasteiger partial charge in [-0.1, -0.05) is 64.2 Å². The zero-order valence-electron chi connectivity index (χ0n) is 39.5. The highest BCUT2D eigenvalue weighted by atomic mass is 16.5. The predicted octanol–water partition coefficient (Wildman–Crippen LogP) is 0.403. The van der Waals surface area contributed by atoms with Crippen molar-refractivity contribution in [3.8, 4) is 0 Å². The smallest absolute Gasteiger partial charge is 0.326 e. The summed E-state index contributed by atoms with van der Waals surface area (Å²) in [6.07, 6.45) is 12.6. The molecule has 2 atom stereocenters. The molecular weight excluding hydrogens is 883 g/mol. The third-order valence-corrected chi connectivity index (χ3v) is 10.0. The van der Waals surface area contributed by atoms with Gasteiger partial charge >= 0.3 is 5.97 Å². The lowest BCUT2D eigenvalue weighted by Crippen LogP contribution is -2.46. The molecule has 22 heteroatoms. The molecule has 0 aromatic rings. The first-order valence-electron chi connectivity index (χ1n) is 23.8. The lowest BCUT2D eigenvalue weighted by molar-refractivity contribution is -0.143. The molecule has 1 unspecified atom stereocenters. The number of carbonyl (C=O) groups excluding carboxylic acids is 7. The SMILES string of the molecule is O=CCOCCOCCNC(=O)COCCOCCNC(=O)COCCOCCNC(=O)COCCOCCNC(=O)C1C[C@@H](C(=O)O)NC(=O)CCCCCCCCCCCCCCC1=O. The summed E-state index contributed by atoms with van der Waals surface area (Å²) in [6.45, 7) is 2.97. The second-order valence-electron chi connectivity index (χ2n) is 15.6. The van der Waals surface area contributed by atoms with Gasteiger partial charge in [0, 0.05) is 39.0 Å². The summed E-state index contributed by atoms with van der Waals surface area (Å²) >= 11 is 0. The van der Waals surface area contributed by atoms with Crippen molar-refractivity contribution in [2.45, 2.75) is 102 Å². The fourth-order valence-electron chi connectivity index (χ4n) is 6.45. The second kappa shape index (κ2) is 44.4. The van der Waals surface area contributed by atoms with Crippen LogP contribution in [0.25, 0.3) is 0 Å². The molecule has 0 saturated carbocycles. The highest BCUT2D eigenvalue weighted by Gasteiger charge is 2.33. The Morgan fingerprint density at radius 2 is 0.851 bits per heavy atom. The Labute approximate surface area is 395 Å². The molecule has 5 amide bonds. The predicted molar refractivity (Wildman–Crippen MR) is 242 cm³/mol. The Kier molecular flexibility index (Phi) is 40.3. The number of rotatable bonds is 34. The summed E-state index contributed by atoms with van der Waals surface area (Å²) in [4.78, 5) is 96.8. The maximum atomic E-state index is 13.2. The van der Waals surface area contributed by atoms with E-state index in [0.29, 0.717) is 45.5 Å². The van der Waals surface area contributed by atoms with Crippen LogP contribution in [0.3, 0.4) is 0 Å². The quantitative estimate of drug-likeness (QED) is 0.0289. The standard InChI is InChI=1S/C45H79N5O17/c51-19-24-64-26-25-60-20-15-46-41(54)34-65-30-27-61-21-16-47-42(55)35-66-31-28-62-22-17-48-43(56)36-67-32-29-63-23-18-49-44(57)37-33-38(45(58)59)50-40(53)14-12-10-8-6-4-2-1-3-5-7-9-11-13-39(37)52/h19,37-38H,1-18,20-36H2,(H,46,54)(H,47,55)(H,48,56)(H,49,57)(H,50,53)(H,58,59)/t37?,38-/m0/s1. The molecule has 1 aliphatic rings. The van der Waals surface area contributed by atoms with E-state index in [2.05, 4.69) is 26.6 Å². The second-order valence-corrected chi connectivity index (χ2v) is 15.6. The number of hydrogen-bond acceptors (Lipinski definition) is 16. The maximum Gasteiger partial charge on any atom is 0.326 e. The van der Waals surface area contributed by atoms with Gasteiger partial charge in [-0.15, -0.1) is 0 Å². The molecule has 1 fully saturated rings. The molecule has 22 nitrogen and oxygen atoms in total. The third kappa shape index (κ3) is 38.5. The molecule has 386 valence electrons. The van der Waals surface area contributed by atoms with Crippen molar-refractivity contribution in [1.29, 1.82) is 0 Å². The van der Waals surface area contributed by atoms with E-state index in [-0.39, 0.29) is 148 Å². The number of aldehydes is 1. The molecule has 1 saturated heterocycles. The van der Waals surface area contributed by atoms with E-state index in [4.69, 9.17) is 37.9 Å². The summed E-state index contributed by atoms with van der Waals surface area (Å²) in [7, 11) is 0. The molecule has 67 heavy (non-hydrogen) atoms. The fraction of sp³-hybridized carbons (Fsp3) is 0.822. The van der Waals surface area contributed by atoms with E-state index in [9.17, 15) is 43.5 Å². The van der Waals surface area contributed by atoms with Crippen LogP contribution in [0.4, 0.5) is 0 Å². The van der Waals surface area contributed by atoms with Gasteiger partial charge in [-0.3, -0.25) is 28.8 Å². The molecule has 6 N–H and O–H groups in total. The van der Waals surface area contributed by atoms with Gasteiger partial charge in [-0.2, -0.15) is 0 Å². The molecule has 0 aliphatic carbocycles. The summed E-state index contributed by atoms with van der Waals surface area (Å²) < 4.78 is 42.2. The van der Waals surface area contributed by atoms with Crippen molar-refractivity contribution < 1.29 is 81.4 Å². The minimum absolute atomic E-state index is 0.0251. The third-order valence-electron chi connectivity index (χ3n) is 10.0. The Morgan fingerprint density at radius 3 is 1.25 bits per heavy atom. The van der Waals surface area contributed by atoms with Crippen molar-refractivity contribution in [2.75, 3.05) is 132 Å². The van der Waals surface area contributed by atoms with Crippen molar-refractivity contribution in [3.63, 3.8) is 0 Å². The van der Waals surface area contributed by atoms with Crippen molar-refractivity contribution in [1.82, 2.24) is 26.6 Å². The molecule has 0 aromatic heterocycles. The van der Waals surface area contributed by atoms with Crippen molar-refractivity contribution in [3.05, 3.63) is 0 Å². The van der Waals surface area contributed by atoms with Crippen LogP contribution in [0, 0.1) is 5.92 Å². The average Bonchev–Trinajstić information content (AvgIpc) is 3.30. The van der Waals surface area contributed by atoms with Crippen LogP contribution >= 0.6 is 0 Å². The number of carboxylic acids is 1. The minimum Gasteiger partial charge on any atom is -0.480 e. The zero-order chi connectivity index (χ0) is 48.8. The highest BCUT2D eigenvalue weighted by molar-refractivity contribution is 6.02. The number of nitrogens with one attached hydrogen (secondary N) is 5. The zero-order valence-corrected chi connectivity index (χ0v) is 39.5. The van der Waals surface area contributed by atoms with Crippen LogP contribution in [0.5, 0.6) is 0 Å². The van der Waals surface area contributed by atoms with Crippen LogP contribution in [0.1, 0.15) is 96.3 Å². The lowest BCUT2D eigenvalue weighted by Gasteiger charge is -2.21. The first-order chi connectivity index (χ1) is 32.6. The van der Waals surface area contributed by atoms with Crippen LogP contribution in [0.2, 0.25) is 0 Å². The lowest BCUT2D eigenvalue weighted by atomic mass is 9.91. The van der Waals surface area contributed by atoms with Gasteiger partial charge in [0.25, 0.3) is 0 Å². The number of aliphatic carboxylic acids is 1. The number of hydrogen-bond donors (Lipinski definition) is 6. The monoisotopic (exact) mass is 962 g/mol. The first-order valence-corrected chi connectivity index (χ1v) is 23.8. The number of ketones is 1. The van der Waals surface area contributed by atoms with E-state index >= 15 is 0 Å². The summed E-state index contributed by atoms with van der Waals surface area (Å²) in [5, 5.41) is 23.0. The summed E-state index contributed by atoms with van der Waals surface area (Å²) in [5.74, 6) is -4.87. The van der Waals surface area contributed by atoms with Gasteiger partial charge in [0.15, 0.2) is 0 Å². The molecule has 0 bridgehead atoms. The van der Waals surface area contributed by atoms with E-state index in [1.54, 1.807) is 0 Å². The normalized spacial score (nSPS) is 17.1. The van der Waals surface area contributed by atoms with Crippen LogP contribution in [-0.2, 0) is 76.3 Å². The number of ether oxygens (including phenoxy) is 8. The molecule has 0 spiro atoms. The van der Waals surface area contributed by atoms with Crippen molar-refractivity contribution >= 4 is 47.6 Å². The summed E-state index contributed by atoms with van der Waals surface area (Å²) in [5.41, 5.74) is 0. The van der Waals surface area contributed by atoms with Gasteiger partial charge in [0.2, 0.25) is 29.5 Å². The van der Waals surface area contributed by atoms with Crippen LogP contribution in [0.15, 0.2) is 0 Å². The van der Waals surface area contributed by atoms with Crippen LogP contribution < -0.4 is 26.6 Å². The Hall–Kier alpha value is -4.16. The fourth-order valence-corrected chi connectivity index (χ4v) is 6.45. The number of Topliss-reactive ketones (excluding diaryl/α,β-unsaturated/α-hetero) is 1. The Bertz CT molecular complexity index is 1360. The van der Waals surface area contributed by atoms with Gasteiger partial charge in [0.05, 0.1) is 85.2 Å². The van der Waals surface area contributed by atoms with E-state index in [1.165, 1.54) is 19.3 Å². The minimum atomic E-state index is -1.37. The van der Waals surface area contributed by atoms with Crippen LogP contribution in [-0.4, -0.2) is 191 Å². The Balaban J connectivity index is 2.09. The topological polar surface area (TPSA) is 291 Å².